The van der Waals surface area contributed by atoms with E-state index < -0.39 is 23.0 Å². The average molecular weight is 259 g/mol. The SMILES string of the molecule is CS.O=C1OC(CO)C(O)C1Br. The third-order valence-corrected chi connectivity index (χ3v) is 2.27. The van der Waals surface area contributed by atoms with Crippen LogP contribution in [0, 0.1) is 0 Å². The van der Waals surface area contributed by atoms with Crippen LogP contribution in [-0.4, -0.2) is 46.1 Å². The summed E-state index contributed by atoms with van der Waals surface area (Å²) in [5.74, 6) is -0.522. The Labute approximate surface area is 84.5 Å². The molecule has 1 heterocycles. The topological polar surface area (TPSA) is 66.8 Å². The van der Waals surface area contributed by atoms with E-state index in [4.69, 9.17) is 10.2 Å². The highest BCUT2D eigenvalue weighted by atomic mass is 79.9. The molecule has 1 aliphatic heterocycles. The Morgan fingerprint density at radius 1 is 1.67 bits per heavy atom. The summed E-state index contributed by atoms with van der Waals surface area (Å²) < 4.78 is 4.55. The first-order valence-electron chi connectivity index (χ1n) is 3.25. The molecular formula is C6H11BrO4S. The number of rotatable bonds is 1. The van der Waals surface area contributed by atoms with E-state index in [2.05, 4.69) is 33.3 Å². The molecule has 0 amide bonds. The Morgan fingerprint density at radius 2 is 2.17 bits per heavy atom. The molecule has 0 aromatic carbocycles. The van der Waals surface area contributed by atoms with E-state index in [1.807, 2.05) is 0 Å². The van der Waals surface area contributed by atoms with Gasteiger partial charge in [-0.15, -0.1) is 0 Å². The molecule has 1 aliphatic rings. The van der Waals surface area contributed by atoms with Gasteiger partial charge in [0.25, 0.3) is 0 Å². The summed E-state index contributed by atoms with van der Waals surface area (Å²) in [5.41, 5.74) is 0. The molecule has 0 spiro atoms. The number of alkyl halides is 1. The summed E-state index contributed by atoms with van der Waals surface area (Å²) in [7, 11) is 0. The van der Waals surface area contributed by atoms with Crippen molar-refractivity contribution in [3.63, 3.8) is 0 Å². The van der Waals surface area contributed by atoms with Crippen molar-refractivity contribution >= 4 is 34.5 Å². The van der Waals surface area contributed by atoms with Crippen LogP contribution in [0.5, 0.6) is 0 Å². The number of esters is 1. The summed E-state index contributed by atoms with van der Waals surface area (Å²) in [6, 6.07) is 0. The molecular weight excluding hydrogens is 248 g/mol. The van der Waals surface area contributed by atoms with Gasteiger partial charge in [-0.3, -0.25) is 4.79 Å². The fourth-order valence-corrected chi connectivity index (χ4v) is 1.21. The third kappa shape index (κ3) is 2.62. The van der Waals surface area contributed by atoms with Gasteiger partial charge in [0.1, 0.15) is 10.9 Å². The summed E-state index contributed by atoms with van der Waals surface area (Å²) in [6.07, 6.45) is -0.00521. The van der Waals surface area contributed by atoms with E-state index in [0.717, 1.165) is 0 Å². The van der Waals surface area contributed by atoms with Crippen LogP contribution in [0.3, 0.4) is 0 Å². The molecule has 0 aliphatic carbocycles. The first-order valence-corrected chi connectivity index (χ1v) is 5.06. The van der Waals surface area contributed by atoms with Crippen LogP contribution in [0.1, 0.15) is 0 Å². The second-order valence-corrected chi connectivity index (χ2v) is 3.04. The van der Waals surface area contributed by atoms with Crippen LogP contribution in [0.2, 0.25) is 0 Å². The fourth-order valence-electron chi connectivity index (χ4n) is 0.757. The zero-order valence-corrected chi connectivity index (χ0v) is 8.96. The van der Waals surface area contributed by atoms with E-state index >= 15 is 0 Å². The highest BCUT2D eigenvalue weighted by Crippen LogP contribution is 2.21. The predicted octanol–water partition coefficient (Wildman–Crippen LogP) is -0.426. The maximum atomic E-state index is 10.6. The van der Waals surface area contributed by atoms with Crippen LogP contribution in [0.4, 0.5) is 0 Å². The van der Waals surface area contributed by atoms with Gasteiger partial charge in [0, 0.05) is 0 Å². The van der Waals surface area contributed by atoms with E-state index in [0.29, 0.717) is 0 Å². The van der Waals surface area contributed by atoms with Crippen LogP contribution in [0.25, 0.3) is 0 Å². The average Bonchev–Trinajstić information content (AvgIpc) is 2.36. The first kappa shape index (κ1) is 12.2. The normalized spacial score (nSPS) is 33.8. The number of carbonyl (C=O) groups is 1. The summed E-state index contributed by atoms with van der Waals surface area (Å²) in [5, 5.41) is 17.6. The molecule has 0 saturated carbocycles. The lowest BCUT2D eigenvalue weighted by molar-refractivity contribution is -0.142. The molecule has 6 heteroatoms. The van der Waals surface area contributed by atoms with Crippen LogP contribution in [0.15, 0.2) is 0 Å². The zero-order valence-electron chi connectivity index (χ0n) is 6.48. The second-order valence-electron chi connectivity index (χ2n) is 2.05. The van der Waals surface area contributed by atoms with Gasteiger partial charge >= 0.3 is 5.97 Å². The Kier molecular flexibility index (Phi) is 5.90. The van der Waals surface area contributed by atoms with Crippen molar-refractivity contribution in [2.75, 3.05) is 12.9 Å². The number of hydrogen-bond donors (Lipinski definition) is 3. The van der Waals surface area contributed by atoms with Crippen molar-refractivity contribution in [3.8, 4) is 0 Å². The second kappa shape index (κ2) is 5.80. The number of aliphatic hydroxyl groups is 2. The van der Waals surface area contributed by atoms with Crippen molar-refractivity contribution < 1.29 is 19.7 Å². The van der Waals surface area contributed by atoms with E-state index in [-0.39, 0.29) is 6.61 Å². The zero-order chi connectivity index (χ0) is 9.72. The number of thiol groups is 1. The summed E-state index contributed by atoms with van der Waals surface area (Å²) >= 11 is 6.44. The van der Waals surface area contributed by atoms with Crippen molar-refractivity contribution in [2.24, 2.45) is 0 Å². The minimum atomic E-state index is -0.933. The van der Waals surface area contributed by atoms with Crippen LogP contribution >= 0.6 is 28.6 Å². The molecule has 3 atom stereocenters. The van der Waals surface area contributed by atoms with E-state index in [1.54, 1.807) is 6.26 Å². The van der Waals surface area contributed by atoms with Crippen molar-refractivity contribution in [1.29, 1.82) is 0 Å². The van der Waals surface area contributed by atoms with Crippen molar-refractivity contribution in [3.05, 3.63) is 0 Å². The highest BCUT2D eigenvalue weighted by Gasteiger charge is 2.41. The molecule has 3 unspecified atom stereocenters. The molecule has 72 valence electrons. The number of halogens is 1. The maximum absolute atomic E-state index is 10.6. The molecule has 1 fully saturated rings. The Balaban J connectivity index is 0.000000561. The standard InChI is InChI=1S/C5H7BrO4.CH4S/c6-3-4(8)2(1-7)10-5(3)9;1-2/h2-4,7-8H,1H2;2H,1H3. The molecule has 0 aromatic heterocycles. The molecule has 1 rings (SSSR count). The van der Waals surface area contributed by atoms with Gasteiger partial charge in [-0.1, -0.05) is 15.9 Å². The Morgan fingerprint density at radius 3 is 2.33 bits per heavy atom. The molecule has 1 saturated heterocycles. The van der Waals surface area contributed by atoms with Gasteiger partial charge in [0.2, 0.25) is 0 Å². The minimum Gasteiger partial charge on any atom is -0.456 e. The van der Waals surface area contributed by atoms with Crippen molar-refractivity contribution in [1.82, 2.24) is 0 Å². The number of ether oxygens (including phenoxy) is 1. The Hall–Kier alpha value is 0.220. The van der Waals surface area contributed by atoms with Gasteiger partial charge in [0.15, 0.2) is 6.10 Å². The molecule has 0 bridgehead atoms. The van der Waals surface area contributed by atoms with Gasteiger partial charge < -0.3 is 14.9 Å². The predicted molar refractivity (Wildman–Crippen MR) is 50.6 cm³/mol. The van der Waals surface area contributed by atoms with Crippen molar-refractivity contribution in [2.45, 2.75) is 17.0 Å². The lowest BCUT2D eigenvalue weighted by Gasteiger charge is -2.08. The molecule has 2 N–H and O–H groups in total. The molecule has 12 heavy (non-hydrogen) atoms. The number of hydrogen-bond acceptors (Lipinski definition) is 5. The number of cyclic esters (lactones) is 1. The number of carbonyl (C=O) groups excluding carboxylic acids is 1. The first-order chi connectivity index (χ1) is 5.66. The monoisotopic (exact) mass is 258 g/mol. The van der Waals surface area contributed by atoms with Gasteiger partial charge in [-0.2, -0.15) is 12.6 Å². The van der Waals surface area contributed by atoms with Crippen LogP contribution in [-0.2, 0) is 9.53 Å². The lowest BCUT2D eigenvalue weighted by atomic mass is 10.2. The smallest absolute Gasteiger partial charge is 0.323 e. The minimum absolute atomic E-state index is 0.338. The molecule has 0 radical (unpaired) electrons. The molecule has 4 nitrogen and oxygen atoms in total. The fraction of sp³-hybridized carbons (Fsp3) is 0.833. The quantitative estimate of drug-likeness (QED) is 0.340. The lowest BCUT2D eigenvalue weighted by Crippen LogP contribution is -2.29. The van der Waals surface area contributed by atoms with Crippen LogP contribution < -0.4 is 0 Å². The molecule has 0 aromatic rings. The van der Waals surface area contributed by atoms with E-state index in [9.17, 15) is 4.79 Å². The summed E-state index contributed by atoms with van der Waals surface area (Å²) in [4.78, 5) is 9.92. The van der Waals surface area contributed by atoms with Gasteiger partial charge in [-0.05, 0) is 6.26 Å². The van der Waals surface area contributed by atoms with E-state index in [1.165, 1.54) is 0 Å². The maximum Gasteiger partial charge on any atom is 0.323 e. The summed E-state index contributed by atoms with van der Waals surface area (Å²) in [6.45, 7) is -0.338. The Bertz CT molecular complexity index is 154. The van der Waals surface area contributed by atoms with Gasteiger partial charge in [-0.25, -0.2) is 0 Å². The van der Waals surface area contributed by atoms with Gasteiger partial charge in [0.05, 0.1) is 6.61 Å². The number of aliphatic hydroxyl groups excluding tert-OH is 2. The third-order valence-electron chi connectivity index (χ3n) is 1.35. The largest absolute Gasteiger partial charge is 0.456 e. The highest BCUT2D eigenvalue weighted by molar-refractivity contribution is 9.10.